The van der Waals surface area contributed by atoms with Crippen LogP contribution < -0.4 is 26.3 Å². The molecule has 8 heteroatoms. The number of fused-ring (bicyclic) bond motifs is 1. The number of carbonyl (C=O) groups is 1. The Morgan fingerprint density at radius 1 is 1.10 bits per heavy atom. The minimum atomic E-state index is -0.150. The third-order valence-corrected chi connectivity index (χ3v) is 7.94. The van der Waals surface area contributed by atoms with Crippen molar-refractivity contribution in [3.63, 3.8) is 0 Å². The van der Waals surface area contributed by atoms with Gasteiger partial charge in [0, 0.05) is 30.3 Å². The Balaban J connectivity index is 1.40. The van der Waals surface area contributed by atoms with E-state index in [1.165, 1.54) is 50.3 Å². The van der Waals surface area contributed by atoms with E-state index >= 15 is 0 Å². The Bertz CT molecular complexity index is 1370. The number of ketones is 1. The lowest BCUT2D eigenvalue weighted by atomic mass is 9.77. The first-order valence-corrected chi connectivity index (χ1v) is 13.6. The predicted octanol–water partition coefficient (Wildman–Crippen LogP) is 4.82. The SMILES string of the molecule is COc1cc(Cc2cnc(N)nc2N)cc(C(=O)C=CC2Cc3ccccc3C(C3CCCCC3)N2)c1OC. The Morgan fingerprint density at radius 2 is 1.90 bits per heavy atom. The van der Waals surface area contributed by atoms with E-state index in [4.69, 9.17) is 20.9 Å². The van der Waals surface area contributed by atoms with Crippen LogP contribution in [-0.4, -0.2) is 36.0 Å². The number of nitrogens with two attached hydrogens (primary N) is 2. The molecule has 0 radical (unpaired) electrons. The highest BCUT2D eigenvalue weighted by molar-refractivity contribution is 6.07. The monoisotopic (exact) mass is 527 g/mol. The van der Waals surface area contributed by atoms with Crippen LogP contribution in [0.2, 0.25) is 0 Å². The highest BCUT2D eigenvalue weighted by Crippen LogP contribution is 2.39. The van der Waals surface area contributed by atoms with Gasteiger partial charge in [0.2, 0.25) is 5.95 Å². The van der Waals surface area contributed by atoms with Gasteiger partial charge in [0.05, 0.1) is 19.8 Å². The van der Waals surface area contributed by atoms with E-state index in [1.54, 1.807) is 19.4 Å². The topological polar surface area (TPSA) is 125 Å². The number of methoxy groups -OCH3 is 2. The molecule has 5 N–H and O–H groups in total. The number of hydrogen-bond acceptors (Lipinski definition) is 8. The molecule has 1 fully saturated rings. The van der Waals surface area contributed by atoms with E-state index in [2.05, 4.69) is 39.6 Å². The van der Waals surface area contributed by atoms with Crippen LogP contribution in [0.5, 0.6) is 11.5 Å². The van der Waals surface area contributed by atoms with Crippen molar-refractivity contribution in [2.45, 2.75) is 57.0 Å². The van der Waals surface area contributed by atoms with Gasteiger partial charge in [0.15, 0.2) is 17.3 Å². The summed E-state index contributed by atoms with van der Waals surface area (Å²) >= 11 is 0. The molecule has 5 rings (SSSR count). The summed E-state index contributed by atoms with van der Waals surface area (Å²) in [5.41, 5.74) is 16.4. The van der Waals surface area contributed by atoms with Gasteiger partial charge < -0.3 is 26.3 Å². The number of carbonyl (C=O) groups excluding carboxylic acids is 1. The number of ether oxygens (including phenoxy) is 2. The molecular weight excluding hydrogens is 490 g/mol. The third-order valence-electron chi connectivity index (χ3n) is 7.94. The molecule has 0 saturated heterocycles. The van der Waals surface area contributed by atoms with Crippen molar-refractivity contribution in [2.75, 3.05) is 25.7 Å². The number of rotatable bonds is 8. The second kappa shape index (κ2) is 11.9. The molecule has 1 aromatic heterocycles. The van der Waals surface area contributed by atoms with Gasteiger partial charge in [0.25, 0.3) is 0 Å². The predicted molar refractivity (Wildman–Crippen MR) is 153 cm³/mol. The van der Waals surface area contributed by atoms with Crippen molar-refractivity contribution in [1.29, 1.82) is 0 Å². The molecule has 39 heavy (non-hydrogen) atoms. The van der Waals surface area contributed by atoms with Gasteiger partial charge in [-0.05, 0) is 60.1 Å². The van der Waals surface area contributed by atoms with Crippen LogP contribution in [0.25, 0.3) is 0 Å². The van der Waals surface area contributed by atoms with Crippen molar-refractivity contribution in [1.82, 2.24) is 15.3 Å². The van der Waals surface area contributed by atoms with E-state index in [-0.39, 0.29) is 17.8 Å². The maximum Gasteiger partial charge on any atom is 0.221 e. The summed E-state index contributed by atoms with van der Waals surface area (Å²) in [5, 5.41) is 3.86. The van der Waals surface area contributed by atoms with Crippen molar-refractivity contribution >= 4 is 17.5 Å². The highest BCUT2D eigenvalue weighted by Gasteiger charge is 2.31. The number of nitrogen functional groups attached to an aromatic ring is 2. The second-order valence-corrected chi connectivity index (χ2v) is 10.5. The molecule has 1 saturated carbocycles. The number of anilines is 2. The van der Waals surface area contributed by atoms with Gasteiger partial charge in [-0.2, -0.15) is 4.98 Å². The largest absolute Gasteiger partial charge is 0.493 e. The Morgan fingerprint density at radius 3 is 2.64 bits per heavy atom. The van der Waals surface area contributed by atoms with E-state index < -0.39 is 0 Å². The Kier molecular flexibility index (Phi) is 8.12. The standard InChI is InChI=1S/C31H37N5O3/c1-38-27-16-19(14-22-18-34-31(33)36-30(22)32)15-25(29(27)39-2)26(37)13-12-23-17-21-10-6-7-11-24(21)28(35-23)20-8-4-3-5-9-20/h6-7,10-13,15-16,18,20,23,28,35H,3-5,8-9,14,17H2,1-2H3,(H4,32,33,34,36). The lowest BCUT2D eigenvalue weighted by Gasteiger charge is -2.38. The zero-order chi connectivity index (χ0) is 27.4. The molecule has 2 heterocycles. The first-order valence-electron chi connectivity index (χ1n) is 13.6. The summed E-state index contributed by atoms with van der Waals surface area (Å²) in [6, 6.07) is 12.8. The van der Waals surface area contributed by atoms with E-state index in [9.17, 15) is 4.79 Å². The highest BCUT2D eigenvalue weighted by atomic mass is 16.5. The molecule has 0 spiro atoms. The summed E-state index contributed by atoms with van der Waals surface area (Å²) in [6.07, 6.45) is 12.9. The molecular formula is C31H37N5O3. The molecule has 2 atom stereocenters. The van der Waals surface area contributed by atoms with Gasteiger partial charge in [-0.1, -0.05) is 49.6 Å². The fraction of sp³-hybridized carbons (Fsp3) is 0.387. The number of benzene rings is 2. The fourth-order valence-corrected chi connectivity index (χ4v) is 6.01. The lowest BCUT2D eigenvalue weighted by molar-refractivity contribution is 0.104. The Hall–Kier alpha value is -3.91. The number of hydrogen-bond donors (Lipinski definition) is 3. The number of allylic oxidation sites excluding steroid dienone is 1. The van der Waals surface area contributed by atoms with Crippen molar-refractivity contribution in [3.8, 4) is 11.5 Å². The summed E-state index contributed by atoms with van der Waals surface area (Å²) in [6.45, 7) is 0. The quantitative estimate of drug-likeness (QED) is 0.281. The Labute approximate surface area is 229 Å². The van der Waals surface area contributed by atoms with Crippen LogP contribution in [0.1, 0.15) is 70.8 Å². The summed E-state index contributed by atoms with van der Waals surface area (Å²) < 4.78 is 11.2. The van der Waals surface area contributed by atoms with Crippen LogP contribution in [0, 0.1) is 5.92 Å². The van der Waals surface area contributed by atoms with Gasteiger partial charge in [-0.3, -0.25) is 4.79 Å². The molecule has 2 unspecified atom stereocenters. The van der Waals surface area contributed by atoms with Crippen molar-refractivity contribution < 1.29 is 14.3 Å². The molecule has 0 amide bonds. The van der Waals surface area contributed by atoms with Crippen LogP contribution in [0.3, 0.4) is 0 Å². The summed E-state index contributed by atoms with van der Waals surface area (Å²) in [5.74, 6) is 1.78. The number of nitrogens with zero attached hydrogens (tertiary/aromatic N) is 2. The van der Waals surface area contributed by atoms with Gasteiger partial charge in [-0.15, -0.1) is 0 Å². The molecule has 8 nitrogen and oxygen atoms in total. The number of nitrogens with one attached hydrogen (secondary N) is 1. The first kappa shape index (κ1) is 26.7. The first-order chi connectivity index (χ1) is 19.0. The minimum Gasteiger partial charge on any atom is -0.493 e. The van der Waals surface area contributed by atoms with Crippen LogP contribution in [0.4, 0.5) is 11.8 Å². The van der Waals surface area contributed by atoms with E-state index in [1.807, 2.05) is 18.2 Å². The van der Waals surface area contributed by atoms with Gasteiger partial charge in [0.1, 0.15) is 5.82 Å². The normalized spacial score (nSPS) is 19.5. The maximum absolute atomic E-state index is 13.6. The molecule has 0 bridgehead atoms. The van der Waals surface area contributed by atoms with E-state index in [0.717, 1.165) is 12.0 Å². The lowest BCUT2D eigenvalue weighted by Crippen LogP contribution is -2.42. The smallest absolute Gasteiger partial charge is 0.221 e. The summed E-state index contributed by atoms with van der Waals surface area (Å²) in [4.78, 5) is 21.7. The van der Waals surface area contributed by atoms with Crippen molar-refractivity contribution in [2.24, 2.45) is 5.92 Å². The molecule has 2 aliphatic rings. The zero-order valence-corrected chi connectivity index (χ0v) is 22.7. The third kappa shape index (κ3) is 5.91. The summed E-state index contributed by atoms with van der Waals surface area (Å²) in [7, 11) is 3.10. The molecule has 3 aromatic rings. The second-order valence-electron chi connectivity index (χ2n) is 10.5. The van der Waals surface area contributed by atoms with Crippen LogP contribution in [-0.2, 0) is 12.8 Å². The zero-order valence-electron chi connectivity index (χ0n) is 22.7. The fourth-order valence-electron chi connectivity index (χ4n) is 6.01. The average molecular weight is 528 g/mol. The van der Waals surface area contributed by atoms with E-state index in [0.29, 0.717) is 46.8 Å². The van der Waals surface area contributed by atoms with Crippen LogP contribution in [0.15, 0.2) is 54.7 Å². The molecule has 1 aliphatic heterocycles. The molecule has 204 valence electrons. The maximum atomic E-state index is 13.6. The molecule has 1 aliphatic carbocycles. The van der Waals surface area contributed by atoms with Crippen LogP contribution >= 0.6 is 0 Å². The van der Waals surface area contributed by atoms with Gasteiger partial charge in [-0.25, -0.2) is 4.98 Å². The average Bonchev–Trinajstić information content (AvgIpc) is 2.96. The molecule has 2 aromatic carbocycles. The number of aromatic nitrogens is 2. The van der Waals surface area contributed by atoms with Gasteiger partial charge >= 0.3 is 0 Å². The minimum absolute atomic E-state index is 0.0681. The van der Waals surface area contributed by atoms with Crippen molar-refractivity contribution in [3.05, 3.63) is 82.6 Å².